The minimum Gasteiger partial charge on any atom is -0.493 e. The molecule has 6 nitrogen and oxygen atoms in total. The molecule has 0 radical (unpaired) electrons. The van der Waals surface area contributed by atoms with Gasteiger partial charge in [0.05, 0.1) is 33.3 Å². The molecule has 0 spiro atoms. The van der Waals surface area contributed by atoms with Gasteiger partial charge in [-0.15, -0.1) is 0 Å². The van der Waals surface area contributed by atoms with Gasteiger partial charge < -0.3 is 14.2 Å². The monoisotopic (exact) mass is 333 g/mol. The van der Waals surface area contributed by atoms with Crippen LogP contribution >= 0.6 is 0 Å². The highest BCUT2D eigenvalue weighted by Crippen LogP contribution is 2.40. The Bertz CT molecular complexity index is 578. The van der Waals surface area contributed by atoms with Crippen LogP contribution in [0.4, 0.5) is 0 Å². The first-order valence-electron chi connectivity index (χ1n) is 8.25. The van der Waals surface area contributed by atoms with Crippen LogP contribution in [0, 0.1) is 17.2 Å². The molecular formula is C18H27N3O3. The smallest absolute Gasteiger partial charge is 0.203 e. The summed E-state index contributed by atoms with van der Waals surface area (Å²) in [6, 6.07) is 6.25. The number of ether oxygens (including phenoxy) is 3. The van der Waals surface area contributed by atoms with E-state index in [1.807, 2.05) is 19.1 Å². The van der Waals surface area contributed by atoms with Crippen LogP contribution in [0.5, 0.6) is 17.2 Å². The first-order chi connectivity index (χ1) is 11.6. The molecule has 6 heteroatoms. The van der Waals surface area contributed by atoms with Crippen molar-refractivity contribution in [2.75, 3.05) is 54.1 Å². The minimum atomic E-state index is 0.0856. The molecule has 0 N–H and O–H groups in total. The van der Waals surface area contributed by atoms with Crippen molar-refractivity contribution in [3.63, 3.8) is 0 Å². The quantitative estimate of drug-likeness (QED) is 0.760. The Morgan fingerprint density at radius 2 is 1.62 bits per heavy atom. The Labute approximate surface area is 144 Å². The normalized spacial score (nSPS) is 17.1. The van der Waals surface area contributed by atoms with Gasteiger partial charge in [0.15, 0.2) is 11.5 Å². The maximum Gasteiger partial charge on any atom is 0.203 e. The number of benzene rings is 1. The number of nitrogens with zero attached hydrogens (tertiary/aromatic N) is 3. The molecule has 0 aliphatic carbocycles. The highest BCUT2D eigenvalue weighted by atomic mass is 16.5. The van der Waals surface area contributed by atoms with Crippen LogP contribution < -0.4 is 14.2 Å². The van der Waals surface area contributed by atoms with Gasteiger partial charge in [0, 0.05) is 44.8 Å². The van der Waals surface area contributed by atoms with E-state index >= 15 is 0 Å². The summed E-state index contributed by atoms with van der Waals surface area (Å²) in [4.78, 5) is 4.76. The summed E-state index contributed by atoms with van der Waals surface area (Å²) in [5, 5.41) is 8.94. The van der Waals surface area contributed by atoms with E-state index in [9.17, 15) is 0 Å². The van der Waals surface area contributed by atoms with E-state index in [1.54, 1.807) is 21.3 Å². The van der Waals surface area contributed by atoms with Crippen molar-refractivity contribution in [2.45, 2.75) is 13.5 Å². The number of methoxy groups -OCH3 is 3. The summed E-state index contributed by atoms with van der Waals surface area (Å²) in [5.41, 5.74) is 1.09. The number of rotatable bonds is 7. The van der Waals surface area contributed by atoms with Crippen LogP contribution in [0.3, 0.4) is 0 Å². The lowest BCUT2D eigenvalue weighted by molar-refractivity contribution is 0.120. The molecule has 132 valence electrons. The Hall–Kier alpha value is -1.97. The molecule has 0 aromatic heterocycles. The fraction of sp³-hybridized carbons (Fsp3) is 0.611. The zero-order valence-corrected chi connectivity index (χ0v) is 15.0. The SMILES string of the molecule is COc1ccc(CN2CCN(C[C@@H](C)C#N)CC2)c(OC)c1OC. The van der Waals surface area contributed by atoms with Crippen molar-refractivity contribution in [2.24, 2.45) is 5.92 Å². The molecular weight excluding hydrogens is 306 g/mol. The maximum atomic E-state index is 8.94. The molecule has 1 heterocycles. The summed E-state index contributed by atoms with van der Waals surface area (Å²) in [6.07, 6.45) is 0. The Morgan fingerprint density at radius 1 is 1.00 bits per heavy atom. The van der Waals surface area contributed by atoms with Gasteiger partial charge in [-0.05, 0) is 13.0 Å². The third-order valence-electron chi connectivity index (χ3n) is 4.40. The summed E-state index contributed by atoms with van der Waals surface area (Å²) >= 11 is 0. The highest BCUT2D eigenvalue weighted by molar-refractivity contribution is 5.55. The number of nitriles is 1. The van der Waals surface area contributed by atoms with Crippen molar-refractivity contribution in [1.82, 2.24) is 9.80 Å². The Balaban J connectivity index is 2.01. The van der Waals surface area contributed by atoms with E-state index in [1.165, 1.54) is 0 Å². The fourth-order valence-corrected chi connectivity index (χ4v) is 3.09. The second-order valence-electron chi connectivity index (χ2n) is 6.10. The number of hydrogen-bond donors (Lipinski definition) is 0. The zero-order valence-electron chi connectivity index (χ0n) is 15.0. The lowest BCUT2D eigenvalue weighted by Gasteiger charge is -2.35. The third kappa shape index (κ3) is 4.31. The van der Waals surface area contributed by atoms with E-state index in [0.717, 1.165) is 50.6 Å². The van der Waals surface area contributed by atoms with Crippen molar-refractivity contribution in [3.05, 3.63) is 17.7 Å². The summed E-state index contributed by atoms with van der Waals surface area (Å²) in [6.45, 7) is 7.57. The van der Waals surface area contributed by atoms with Crippen molar-refractivity contribution in [1.29, 1.82) is 5.26 Å². The average molecular weight is 333 g/mol. The molecule has 1 aliphatic heterocycles. The lowest BCUT2D eigenvalue weighted by Crippen LogP contribution is -2.47. The molecule has 1 aromatic carbocycles. The molecule has 0 unspecified atom stereocenters. The van der Waals surface area contributed by atoms with Gasteiger partial charge in [-0.1, -0.05) is 6.07 Å². The van der Waals surface area contributed by atoms with Gasteiger partial charge in [-0.3, -0.25) is 9.80 Å². The van der Waals surface area contributed by atoms with E-state index in [2.05, 4.69) is 15.9 Å². The van der Waals surface area contributed by atoms with E-state index in [0.29, 0.717) is 11.5 Å². The third-order valence-corrected chi connectivity index (χ3v) is 4.40. The molecule has 0 saturated carbocycles. The summed E-state index contributed by atoms with van der Waals surface area (Å²) in [7, 11) is 4.90. The molecule has 24 heavy (non-hydrogen) atoms. The summed E-state index contributed by atoms with van der Waals surface area (Å²) < 4.78 is 16.3. The van der Waals surface area contributed by atoms with Crippen LogP contribution in [0.15, 0.2) is 12.1 Å². The standard InChI is InChI=1S/C18H27N3O3/c1-14(11-19)12-20-7-9-21(10-8-20)13-15-5-6-16(22-2)18(24-4)17(15)23-3/h5-6,14H,7-10,12-13H2,1-4H3/t14-/m0/s1. The van der Waals surface area contributed by atoms with Crippen LogP contribution in [0.1, 0.15) is 12.5 Å². The fourth-order valence-electron chi connectivity index (χ4n) is 3.09. The maximum absolute atomic E-state index is 8.94. The van der Waals surface area contributed by atoms with Gasteiger partial charge >= 0.3 is 0 Å². The predicted molar refractivity (Wildman–Crippen MR) is 92.6 cm³/mol. The van der Waals surface area contributed by atoms with Crippen molar-refractivity contribution >= 4 is 0 Å². The van der Waals surface area contributed by atoms with E-state index < -0.39 is 0 Å². The number of hydrogen-bond acceptors (Lipinski definition) is 6. The van der Waals surface area contributed by atoms with E-state index in [4.69, 9.17) is 19.5 Å². The predicted octanol–water partition coefficient (Wildman–Crippen LogP) is 1.99. The molecule has 1 aromatic rings. The Kier molecular flexibility index (Phi) is 6.71. The van der Waals surface area contributed by atoms with Crippen molar-refractivity contribution in [3.8, 4) is 23.3 Å². The topological polar surface area (TPSA) is 58.0 Å². The molecule has 1 atom stereocenters. The van der Waals surface area contributed by atoms with Gasteiger partial charge in [-0.25, -0.2) is 0 Å². The van der Waals surface area contributed by atoms with E-state index in [-0.39, 0.29) is 5.92 Å². The van der Waals surface area contributed by atoms with Gasteiger partial charge in [-0.2, -0.15) is 5.26 Å². The second-order valence-corrected chi connectivity index (χ2v) is 6.10. The largest absolute Gasteiger partial charge is 0.493 e. The van der Waals surface area contributed by atoms with Crippen LogP contribution in [-0.2, 0) is 6.54 Å². The summed E-state index contributed by atoms with van der Waals surface area (Å²) in [5.74, 6) is 2.13. The van der Waals surface area contributed by atoms with Crippen molar-refractivity contribution < 1.29 is 14.2 Å². The van der Waals surface area contributed by atoms with Gasteiger partial charge in [0.1, 0.15) is 0 Å². The molecule has 1 aliphatic rings. The molecule has 1 fully saturated rings. The van der Waals surface area contributed by atoms with Crippen LogP contribution in [0.2, 0.25) is 0 Å². The molecule has 0 bridgehead atoms. The number of piperazine rings is 1. The van der Waals surface area contributed by atoms with Crippen LogP contribution in [0.25, 0.3) is 0 Å². The average Bonchev–Trinajstić information content (AvgIpc) is 2.62. The van der Waals surface area contributed by atoms with Crippen LogP contribution in [-0.4, -0.2) is 63.9 Å². The van der Waals surface area contributed by atoms with Gasteiger partial charge in [0.25, 0.3) is 0 Å². The Morgan fingerprint density at radius 3 is 2.17 bits per heavy atom. The first kappa shape index (κ1) is 18.4. The first-order valence-corrected chi connectivity index (χ1v) is 8.25. The molecule has 2 rings (SSSR count). The highest BCUT2D eigenvalue weighted by Gasteiger charge is 2.21. The molecule has 0 amide bonds. The zero-order chi connectivity index (χ0) is 17.5. The van der Waals surface area contributed by atoms with Gasteiger partial charge in [0.2, 0.25) is 5.75 Å². The molecule has 1 saturated heterocycles. The minimum absolute atomic E-state index is 0.0856. The lowest BCUT2D eigenvalue weighted by atomic mass is 10.1. The second kappa shape index (κ2) is 8.76.